The number of aryl methyl sites for hydroxylation is 1. The Morgan fingerprint density at radius 2 is 1.97 bits per heavy atom. The minimum atomic E-state index is -0.761. The number of halogens is 1. The molecule has 0 unspecified atom stereocenters. The van der Waals surface area contributed by atoms with Crippen molar-refractivity contribution in [3.63, 3.8) is 0 Å². The van der Waals surface area contributed by atoms with Gasteiger partial charge in [-0.2, -0.15) is 0 Å². The van der Waals surface area contributed by atoms with E-state index in [1.54, 1.807) is 13.8 Å². The summed E-state index contributed by atoms with van der Waals surface area (Å²) in [5, 5.41) is 11.3. The number of benzene rings is 1. The van der Waals surface area contributed by atoms with Gasteiger partial charge in [0.1, 0.15) is 11.5 Å². The van der Waals surface area contributed by atoms with Crippen LogP contribution in [-0.4, -0.2) is 71.8 Å². The molecule has 2 heterocycles. The minimum Gasteiger partial charge on any atom is -0.507 e. The number of aromatic amines is 1. The number of rotatable bonds is 6. The molecule has 3 rings (SSSR count). The van der Waals surface area contributed by atoms with E-state index in [-0.39, 0.29) is 17.0 Å². The zero-order valence-electron chi connectivity index (χ0n) is 18.7. The summed E-state index contributed by atoms with van der Waals surface area (Å²) >= 11 is 3.44. The molecule has 32 heavy (non-hydrogen) atoms. The number of ether oxygens (including phenoxy) is 1. The van der Waals surface area contributed by atoms with Crippen LogP contribution in [-0.2, 0) is 14.3 Å². The quantitative estimate of drug-likeness (QED) is 0.271. The molecule has 1 aliphatic rings. The van der Waals surface area contributed by atoms with E-state index in [9.17, 15) is 19.5 Å². The molecule has 1 aliphatic heterocycles. The number of aliphatic hydroxyl groups excluding tert-OH is 1. The normalized spacial score (nSPS) is 18.0. The Bertz CT molecular complexity index is 1120. The van der Waals surface area contributed by atoms with Crippen LogP contribution >= 0.6 is 15.9 Å². The van der Waals surface area contributed by atoms with Crippen LogP contribution in [0.3, 0.4) is 0 Å². The van der Waals surface area contributed by atoms with Crippen LogP contribution in [0.1, 0.15) is 38.9 Å². The molecule has 2 aromatic rings. The van der Waals surface area contributed by atoms with E-state index in [2.05, 4.69) is 20.9 Å². The highest BCUT2D eigenvalue weighted by atomic mass is 79.9. The van der Waals surface area contributed by atoms with Gasteiger partial charge >= 0.3 is 5.97 Å². The Balaban J connectivity index is 2.23. The Labute approximate surface area is 195 Å². The van der Waals surface area contributed by atoms with Crippen molar-refractivity contribution >= 4 is 39.3 Å². The zero-order valence-corrected chi connectivity index (χ0v) is 20.2. The summed E-state index contributed by atoms with van der Waals surface area (Å²) in [5.74, 6) is -2.33. The van der Waals surface area contributed by atoms with Crippen molar-refractivity contribution in [3.05, 3.63) is 62.4 Å². The third-order valence-corrected chi connectivity index (χ3v) is 6.05. The SMILES string of the molecule is COC(=O)c1[nH]c(C)c(C(O)=C2C(=O)C(=O)N(CCN(C)C)[C@H]2c2cccc(Br)c2)c1C. The molecule has 1 saturated heterocycles. The summed E-state index contributed by atoms with van der Waals surface area (Å²) in [6, 6.07) is 6.53. The molecular formula is C23H26BrN3O5. The van der Waals surface area contributed by atoms with Crippen molar-refractivity contribution in [2.75, 3.05) is 34.3 Å². The fourth-order valence-electron chi connectivity index (χ4n) is 3.99. The van der Waals surface area contributed by atoms with Crippen LogP contribution in [0.4, 0.5) is 0 Å². The van der Waals surface area contributed by atoms with Crippen LogP contribution in [0.2, 0.25) is 0 Å². The fraction of sp³-hybridized carbons (Fsp3) is 0.348. The molecule has 1 aromatic carbocycles. The third kappa shape index (κ3) is 4.22. The van der Waals surface area contributed by atoms with Crippen LogP contribution in [0.5, 0.6) is 0 Å². The Kier molecular flexibility index (Phi) is 6.90. The predicted molar refractivity (Wildman–Crippen MR) is 123 cm³/mol. The summed E-state index contributed by atoms with van der Waals surface area (Å²) in [5.41, 5.74) is 2.13. The highest BCUT2D eigenvalue weighted by Gasteiger charge is 2.46. The van der Waals surface area contributed by atoms with Gasteiger partial charge in [0.25, 0.3) is 11.7 Å². The van der Waals surface area contributed by atoms with Crippen molar-refractivity contribution in [2.24, 2.45) is 0 Å². The van der Waals surface area contributed by atoms with E-state index in [0.717, 1.165) is 4.47 Å². The lowest BCUT2D eigenvalue weighted by atomic mass is 9.94. The van der Waals surface area contributed by atoms with Crippen LogP contribution in [0.25, 0.3) is 5.76 Å². The number of amides is 1. The molecule has 1 fully saturated rings. The number of likely N-dealkylation sites (N-methyl/N-ethyl adjacent to an activating group) is 1. The van der Waals surface area contributed by atoms with E-state index in [0.29, 0.717) is 35.5 Å². The lowest BCUT2D eigenvalue weighted by molar-refractivity contribution is -0.140. The van der Waals surface area contributed by atoms with Gasteiger partial charge in [0, 0.05) is 28.8 Å². The number of carbonyl (C=O) groups excluding carboxylic acids is 3. The first kappa shape index (κ1) is 23.7. The number of aromatic nitrogens is 1. The lowest BCUT2D eigenvalue weighted by Crippen LogP contribution is -2.35. The number of methoxy groups -OCH3 is 1. The number of nitrogens with zero attached hydrogens (tertiary/aromatic N) is 2. The van der Waals surface area contributed by atoms with Crippen LogP contribution < -0.4 is 0 Å². The van der Waals surface area contributed by atoms with Crippen molar-refractivity contribution in [3.8, 4) is 0 Å². The first-order valence-corrected chi connectivity index (χ1v) is 10.8. The maximum Gasteiger partial charge on any atom is 0.354 e. The first-order chi connectivity index (χ1) is 15.1. The van der Waals surface area contributed by atoms with E-state index < -0.39 is 23.7 Å². The first-order valence-electron chi connectivity index (χ1n) is 10.0. The molecule has 8 nitrogen and oxygen atoms in total. The summed E-state index contributed by atoms with van der Waals surface area (Å²) in [6.45, 7) is 4.20. The number of esters is 1. The van der Waals surface area contributed by atoms with E-state index in [4.69, 9.17) is 4.74 Å². The lowest BCUT2D eigenvalue weighted by Gasteiger charge is -2.26. The number of hydrogen-bond donors (Lipinski definition) is 2. The second-order valence-corrected chi connectivity index (χ2v) is 8.88. The van der Waals surface area contributed by atoms with Gasteiger partial charge in [-0.3, -0.25) is 9.59 Å². The topological polar surface area (TPSA) is 103 Å². The number of ketones is 1. The molecule has 0 spiro atoms. The maximum atomic E-state index is 13.1. The summed E-state index contributed by atoms with van der Waals surface area (Å²) < 4.78 is 5.58. The summed E-state index contributed by atoms with van der Waals surface area (Å²) in [6.07, 6.45) is 0. The number of hydrogen-bond acceptors (Lipinski definition) is 6. The highest BCUT2D eigenvalue weighted by molar-refractivity contribution is 9.10. The van der Waals surface area contributed by atoms with Crippen molar-refractivity contribution in [1.82, 2.24) is 14.8 Å². The average Bonchev–Trinajstić information content (AvgIpc) is 3.18. The number of likely N-dealkylation sites (tertiary alicyclic amines) is 1. The molecule has 1 aromatic heterocycles. The number of H-pyrrole nitrogens is 1. The maximum absolute atomic E-state index is 13.1. The monoisotopic (exact) mass is 503 g/mol. The molecule has 1 amide bonds. The zero-order chi connectivity index (χ0) is 23.7. The number of aliphatic hydroxyl groups is 1. The molecule has 1 atom stereocenters. The third-order valence-electron chi connectivity index (χ3n) is 5.56. The van der Waals surface area contributed by atoms with Crippen molar-refractivity contribution < 1.29 is 24.2 Å². The van der Waals surface area contributed by atoms with Gasteiger partial charge in [0.15, 0.2) is 0 Å². The summed E-state index contributed by atoms with van der Waals surface area (Å²) in [4.78, 5) is 44.5. The fourth-order valence-corrected chi connectivity index (χ4v) is 4.40. The van der Waals surface area contributed by atoms with Gasteiger partial charge in [-0.25, -0.2) is 4.79 Å². The Hall–Kier alpha value is -2.91. The minimum absolute atomic E-state index is 0.00604. The van der Waals surface area contributed by atoms with Gasteiger partial charge in [-0.1, -0.05) is 28.1 Å². The van der Waals surface area contributed by atoms with Gasteiger partial charge in [0.05, 0.1) is 18.7 Å². The van der Waals surface area contributed by atoms with Crippen LogP contribution in [0, 0.1) is 13.8 Å². The standard InChI is InChI=1S/C23H26BrN3O5/c1-12-16(13(2)25-18(12)23(31)32-5)20(28)17-19(14-7-6-8-15(24)11-14)27(10-9-26(3)4)22(30)21(17)29/h6-8,11,19,25,28H,9-10H2,1-5H3/t19-/m0/s1. The number of carbonyl (C=O) groups is 3. The van der Waals surface area contributed by atoms with E-state index in [1.165, 1.54) is 12.0 Å². The largest absolute Gasteiger partial charge is 0.507 e. The van der Waals surface area contributed by atoms with E-state index >= 15 is 0 Å². The van der Waals surface area contributed by atoms with Gasteiger partial charge in [-0.15, -0.1) is 0 Å². The number of Topliss-reactive ketones (excluding diaryl/α,β-unsaturated/α-hetero) is 1. The predicted octanol–water partition coefficient (Wildman–Crippen LogP) is 3.16. The second-order valence-electron chi connectivity index (χ2n) is 7.97. The van der Waals surface area contributed by atoms with Gasteiger partial charge < -0.3 is 24.6 Å². The molecule has 2 N–H and O–H groups in total. The molecular weight excluding hydrogens is 478 g/mol. The van der Waals surface area contributed by atoms with Crippen molar-refractivity contribution in [2.45, 2.75) is 19.9 Å². The average molecular weight is 504 g/mol. The Morgan fingerprint density at radius 1 is 1.28 bits per heavy atom. The van der Waals surface area contributed by atoms with Crippen LogP contribution in [0.15, 0.2) is 34.3 Å². The molecule has 170 valence electrons. The molecule has 0 radical (unpaired) electrons. The summed E-state index contributed by atoms with van der Waals surface area (Å²) in [7, 11) is 5.03. The molecule has 0 saturated carbocycles. The second kappa shape index (κ2) is 9.30. The molecule has 0 aliphatic carbocycles. The van der Waals surface area contributed by atoms with E-state index in [1.807, 2.05) is 43.3 Å². The Morgan fingerprint density at radius 3 is 2.56 bits per heavy atom. The van der Waals surface area contributed by atoms with Gasteiger partial charge in [-0.05, 0) is 51.2 Å². The number of nitrogens with one attached hydrogen (secondary N) is 1. The highest BCUT2D eigenvalue weighted by Crippen LogP contribution is 2.41. The van der Waals surface area contributed by atoms with Gasteiger partial charge in [0.2, 0.25) is 0 Å². The molecule has 9 heteroatoms. The van der Waals surface area contributed by atoms with Crippen molar-refractivity contribution in [1.29, 1.82) is 0 Å². The smallest absolute Gasteiger partial charge is 0.354 e. The molecule has 0 bridgehead atoms.